The van der Waals surface area contributed by atoms with Crippen LogP contribution in [0.5, 0.6) is 5.75 Å². The predicted octanol–water partition coefficient (Wildman–Crippen LogP) is 2.43. The van der Waals surface area contributed by atoms with Gasteiger partial charge in [-0.25, -0.2) is 4.79 Å². The standard InChI is InChI=1S/C24H36N4O3/c1-3-13-26-24(30)28-17-15-27(16-18-28)22(20-6-4-5-7-20)23(29)25-14-12-19-8-10-21(31-2)11-9-19/h3,8-11,20,22H,1,4-7,12-18H2,2H3,(H,25,29)(H,26,30)/t22-/m0/s1. The lowest BCUT2D eigenvalue weighted by atomic mass is 9.95. The number of nitrogens with one attached hydrogen (secondary N) is 2. The van der Waals surface area contributed by atoms with E-state index in [4.69, 9.17) is 4.74 Å². The Bertz CT molecular complexity index is 723. The van der Waals surface area contributed by atoms with Gasteiger partial charge in [-0.2, -0.15) is 0 Å². The first-order valence-electron chi connectivity index (χ1n) is 11.4. The summed E-state index contributed by atoms with van der Waals surface area (Å²) in [4.78, 5) is 29.5. The fourth-order valence-electron chi connectivity index (χ4n) is 4.65. The summed E-state index contributed by atoms with van der Waals surface area (Å²) in [7, 11) is 1.66. The van der Waals surface area contributed by atoms with Crippen LogP contribution >= 0.6 is 0 Å². The summed E-state index contributed by atoms with van der Waals surface area (Å²) < 4.78 is 5.20. The molecule has 1 heterocycles. The van der Waals surface area contributed by atoms with E-state index in [0.717, 1.165) is 38.1 Å². The molecule has 1 saturated heterocycles. The second-order valence-corrected chi connectivity index (χ2v) is 8.38. The van der Waals surface area contributed by atoms with Crippen molar-refractivity contribution in [3.63, 3.8) is 0 Å². The summed E-state index contributed by atoms with van der Waals surface area (Å²) in [6.07, 6.45) is 7.09. The van der Waals surface area contributed by atoms with Crippen molar-refractivity contribution in [1.82, 2.24) is 20.4 Å². The molecule has 7 heteroatoms. The van der Waals surface area contributed by atoms with Gasteiger partial charge in [0, 0.05) is 39.3 Å². The molecular weight excluding hydrogens is 392 g/mol. The van der Waals surface area contributed by atoms with Gasteiger partial charge in [0.25, 0.3) is 0 Å². The number of benzene rings is 1. The Morgan fingerprint density at radius 1 is 1.13 bits per heavy atom. The minimum absolute atomic E-state index is 0.0547. The molecule has 0 unspecified atom stereocenters. The number of nitrogens with zero attached hydrogens (tertiary/aromatic N) is 2. The zero-order valence-corrected chi connectivity index (χ0v) is 18.6. The predicted molar refractivity (Wildman–Crippen MR) is 122 cm³/mol. The fourth-order valence-corrected chi connectivity index (χ4v) is 4.65. The number of piperazine rings is 1. The molecule has 3 rings (SSSR count). The van der Waals surface area contributed by atoms with E-state index < -0.39 is 0 Å². The van der Waals surface area contributed by atoms with Gasteiger partial charge in [-0.1, -0.05) is 31.1 Å². The quantitative estimate of drug-likeness (QED) is 0.593. The zero-order chi connectivity index (χ0) is 22.1. The molecule has 1 aliphatic carbocycles. The van der Waals surface area contributed by atoms with Gasteiger partial charge in [-0.15, -0.1) is 6.58 Å². The molecule has 2 aliphatic rings. The van der Waals surface area contributed by atoms with Crippen LogP contribution in [0.4, 0.5) is 4.79 Å². The van der Waals surface area contributed by atoms with E-state index in [2.05, 4.69) is 22.1 Å². The SMILES string of the molecule is C=CCNC(=O)N1CCN([C@H](C(=O)NCCc2ccc(OC)cc2)C2CCCC2)CC1. The molecule has 0 spiro atoms. The first kappa shape index (κ1) is 23.1. The van der Waals surface area contributed by atoms with Crippen LogP contribution in [-0.2, 0) is 11.2 Å². The van der Waals surface area contributed by atoms with E-state index in [9.17, 15) is 9.59 Å². The fraction of sp³-hybridized carbons (Fsp3) is 0.583. The van der Waals surface area contributed by atoms with E-state index in [1.165, 1.54) is 18.4 Å². The number of carbonyl (C=O) groups is 2. The molecule has 0 bridgehead atoms. The van der Waals surface area contributed by atoms with E-state index >= 15 is 0 Å². The summed E-state index contributed by atoms with van der Waals surface area (Å²) in [5.74, 6) is 1.37. The Balaban J connectivity index is 1.53. The van der Waals surface area contributed by atoms with Crippen LogP contribution in [0.15, 0.2) is 36.9 Å². The minimum Gasteiger partial charge on any atom is -0.497 e. The average Bonchev–Trinajstić information content (AvgIpc) is 3.33. The van der Waals surface area contributed by atoms with Crippen molar-refractivity contribution < 1.29 is 14.3 Å². The van der Waals surface area contributed by atoms with Crippen molar-refractivity contribution in [2.45, 2.75) is 38.1 Å². The van der Waals surface area contributed by atoms with Crippen LogP contribution in [0, 0.1) is 5.92 Å². The van der Waals surface area contributed by atoms with E-state index in [1.807, 2.05) is 29.2 Å². The Labute approximate surface area is 185 Å². The lowest BCUT2D eigenvalue weighted by Crippen LogP contribution is -2.59. The largest absolute Gasteiger partial charge is 0.497 e. The Morgan fingerprint density at radius 3 is 2.42 bits per heavy atom. The molecule has 1 atom stereocenters. The highest BCUT2D eigenvalue weighted by Gasteiger charge is 2.37. The molecule has 2 N–H and O–H groups in total. The normalized spacial score (nSPS) is 18.4. The molecule has 3 amide bonds. The maximum absolute atomic E-state index is 13.2. The van der Waals surface area contributed by atoms with Gasteiger partial charge in [0.15, 0.2) is 0 Å². The summed E-state index contributed by atoms with van der Waals surface area (Å²) in [5.41, 5.74) is 1.18. The van der Waals surface area contributed by atoms with Crippen LogP contribution in [0.25, 0.3) is 0 Å². The summed E-state index contributed by atoms with van der Waals surface area (Å²) in [5, 5.41) is 6.02. The molecule has 1 aromatic carbocycles. The highest BCUT2D eigenvalue weighted by Crippen LogP contribution is 2.31. The number of carbonyl (C=O) groups excluding carboxylic acids is 2. The number of amides is 3. The molecule has 0 aromatic heterocycles. The Hall–Kier alpha value is -2.54. The van der Waals surface area contributed by atoms with Crippen LogP contribution < -0.4 is 15.4 Å². The van der Waals surface area contributed by atoms with Crippen molar-refractivity contribution in [3.8, 4) is 5.75 Å². The van der Waals surface area contributed by atoms with Crippen LogP contribution in [0.3, 0.4) is 0 Å². The first-order valence-corrected chi connectivity index (χ1v) is 11.4. The molecule has 31 heavy (non-hydrogen) atoms. The van der Waals surface area contributed by atoms with Crippen LogP contribution in [0.1, 0.15) is 31.2 Å². The summed E-state index contributed by atoms with van der Waals surface area (Å²) in [6.45, 7) is 7.48. The topological polar surface area (TPSA) is 73.9 Å². The molecule has 1 saturated carbocycles. The van der Waals surface area contributed by atoms with E-state index in [-0.39, 0.29) is 18.0 Å². The molecule has 1 aromatic rings. The third-order valence-corrected chi connectivity index (χ3v) is 6.38. The number of ether oxygens (including phenoxy) is 1. The number of urea groups is 1. The molecular formula is C24H36N4O3. The second-order valence-electron chi connectivity index (χ2n) is 8.38. The smallest absolute Gasteiger partial charge is 0.317 e. The van der Waals surface area contributed by atoms with Crippen molar-refractivity contribution in [2.75, 3.05) is 46.4 Å². The van der Waals surface area contributed by atoms with Crippen molar-refractivity contribution >= 4 is 11.9 Å². The zero-order valence-electron chi connectivity index (χ0n) is 18.6. The van der Waals surface area contributed by atoms with E-state index in [0.29, 0.717) is 32.1 Å². The Kier molecular flexibility index (Phi) is 8.76. The first-order chi connectivity index (χ1) is 15.1. The number of methoxy groups -OCH3 is 1. The van der Waals surface area contributed by atoms with Gasteiger partial charge in [-0.05, 0) is 42.9 Å². The van der Waals surface area contributed by atoms with Crippen molar-refractivity contribution in [2.24, 2.45) is 5.92 Å². The third-order valence-electron chi connectivity index (χ3n) is 6.38. The number of hydrogen-bond acceptors (Lipinski definition) is 4. The monoisotopic (exact) mass is 428 g/mol. The van der Waals surface area contributed by atoms with Gasteiger partial charge >= 0.3 is 6.03 Å². The maximum atomic E-state index is 13.2. The molecule has 0 radical (unpaired) electrons. The van der Waals surface area contributed by atoms with Gasteiger partial charge in [0.05, 0.1) is 13.2 Å². The Morgan fingerprint density at radius 2 is 1.81 bits per heavy atom. The lowest BCUT2D eigenvalue weighted by molar-refractivity contribution is -0.129. The molecule has 2 fully saturated rings. The number of rotatable bonds is 9. The average molecular weight is 429 g/mol. The lowest BCUT2D eigenvalue weighted by Gasteiger charge is -2.40. The van der Waals surface area contributed by atoms with Gasteiger partial charge in [0.1, 0.15) is 5.75 Å². The third kappa shape index (κ3) is 6.47. The summed E-state index contributed by atoms with van der Waals surface area (Å²) >= 11 is 0. The summed E-state index contributed by atoms with van der Waals surface area (Å²) in [6, 6.07) is 7.82. The number of hydrogen-bond donors (Lipinski definition) is 2. The molecule has 1 aliphatic heterocycles. The highest BCUT2D eigenvalue weighted by molar-refractivity contribution is 5.82. The van der Waals surface area contributed by atoms with E-state index in [1.54, 1.807) is 13.2 Å². The minimum atomic E-state index is -0.100. The second kappa shape index (κ2) is 11.7. The van der Waals surface area contributed by atoms with Gasteiger partial charge < -0.3 is 20.3 Å². The van der Waals surface area contributed by atoms with Gasteiger partial charge in [0.2, 0.25) is 5.91 Å². The molecule has 170 valence electrons. The van der Waals surface area contributed by atoms with Gasteiger partial charge in [-0.3, -0.25) is 9.69 Å². The van der Waals surface area contributed by atoms with Crippen LogP contribution in [-0.4, -0.2) is 74.2 Å². The highest BCUT2D eigenvalue weighted by atomic mass is 16.5. The van der Waals surface area contributed by atoms with Crippen molar-refractivity contribution in [1.29, 1.82) is 0 Å². The molecule has 7 nitrogen and oxygen atoms in total. The van der Waals surface area contributed by atoms with Crippen molar-refractivity contribution in [3.05, 3.63) is 42.5 Å². The van der Waals surface area contributed by atoms with Crippen LogP contribution in [0.2, 0.25) is 0 Å². The maximum Gasteiger partial charge on any atom is 0.317 e.